The predicted molar refractivity (Wildman–Crippen MR) is 82.8 cm³/mol. The first kappa shape index (κ1) is 14.1. The third-order valence-electron chi connectivity index (χ3n) is 3.03. The number of nitrogens with zero attached hydrogens (tertiary/aromatic N) is 2. The molecule has 1 unspecified atom stereocenters. The normalized spacial score (nSPS) is 12.3. The maximum absolute atomic E-state index is 13.9. The molecule has 1 aromatic heterocycles. The lowest BCUT2D eigenvalue weighted by atomic mass is 10.1. The molecule has 3 rings (SSSR count). The Morgan fingerprint density at radius 3 is 2.57 bits per heavy atom. The quantitative estimate of drug-likeness (QED) is 0.792. The monoisotopic (exact) mass is 319 g/mol. The van der Waals surface area contributed by atoms with E-state index < -0.39 is 5.82 Å². The van der Waals surface area contributed by atoms with Crippen LogP contribution in [0.5, 0.6) is 0 Å². The van der Waals surface area contributed by atoms with E-state index in [9.17, 15) is 4.39 Å². The summed E-state index contributed by atoms with van der Waals surface area (Å²) in [6.07, 6.45) is 0. The zero-order chi connectivity index (χ0) is 14.8. The molecule has 1 heterocycles. The van der Waals surface area contributed by atoms with Crippen LogP contribution in [0.15, 0.2) is 48.5 Å². The first-order chi connectivity index (χ1) is 10.1. The molecule has 1 atom stereocenters. The molecule has 0 saturated carbocycles. The number of nitrogens with two attached hydrogens (primary N) is 1. The Balaban J connectivity index is 1.93. The Bertz CT molecular complexity index is 761. The van der Waals surface area contributed by atoms with Gasteiger partial charge in [-0.3, -0.25) is 0 Å². The number of hydrogen-bond donors (Lipinski definition) is 1. The lowest BCUT2D eigenvalue weighted by Crippen LogP contribution is -2.11. The van der Waals surface area contributed by atoms with Gasteiger partial charge in [0.15, 0.2) is 5.01 Å². The molecule has 0 radical (unpaired) electrons. The Kier molecular flexibility index (Phi) is 3.96. The average Bonchev–Trinajstić information content (AvgIpc) is 2.97. The summed E-state index contributed by atoms with van der Waals surface area (Å²) in [7, 11) is 0. The van der Waals surface area contributed by atoms with Crippen LogP contribution in [0.1, 0.15) is 16.6 Å². The van der Waals surface area contributed by atoms with Crippen molar-refractivity contribution in [1.29, 1.82) is 0 Å². The molecule has 0 fully saturated rings. The highest BCUT2D eigenvalue weighted by molar-refractivity contribution is 7.14. The molecule has 6 heteroatoms. The van der Waals surface area contributed by atoms with Gasteiger partial charge in [0.2, 0.25) is 0 Å². The average molecular weight is 320 g/mol. The number of aromatic nitrogens is 2. The molecule has 2 aromatic carbocycles. The van der Waals surface area contributed by atoms with Gasteiger partial charge in [0.25, 0.3) is 0 Å². The molecule has 0 aliphatic heterocycles. The van der Waals surface area contributed by atoms with Gasteiger partial charge in [-0.05, 0) is 23.8 Å². The minimum Gasteiger partial charge on any atom is -0.318 e. The summed E-state index contributed by atoms with van der Waals surface area (Å²) in [5.74, 6) is -0.418. The molecule has 3 nitrogen and oxygen atoms in total. The maximum atomic E-state index is 13.9. The van der Waals surface area contributed by atoms with Crippen LogP contribution in [0.4, 0.5) is 4.39 Å². The minimum absolute atomic E-state index is 0.349. The Labute approximate surface area is 130 Å². The standard InChI is InChI=1S/C15H11ClFN3S/c16-10-6-7-11(12(17)8-10)14-19-20-15(21-14)13(18)9-4-2-1-3-5-9/h1-8,13H,18H2. The zero-order valence-electron chi connectivity index (χ0n) is 10.8. The maximum Gasteiger partial charge on any atom is 0.150 e. The Morgan fingerprint density at radius 2 is 1.86 bits per heavy atom. The number of hydrogen-bond acceptors (Lipinski definition) is 4. The Morgan fingerprint density at radius 1 is 1.10 bits per heavy atom. The highest BCUT2D eigenvalue weighted by Crippen LogP contribution is 2.31. The van der Waals surface area contributed by atoms with Gasteiger partial charge in [-0.15, -0.1) is 10.2 Å². The van der Waals surface area contributed by atoms with Crippen molar-refractivity contribution in [3.05, 3.63) is 69.9 Å². The largest absolute Gasteiger partial charge is 0.318 e. The second-order valence-electron chi connectivity index (χ2n) is 4.46. The zero-order valence-corrected chi connectivity index (χ0v) is 12.4. The van der Waals surface area contributed by atoms with Crippen molar-refractivity contribution < 1.29 is 4.39 Å². The third kappa shape index (κ3) is 2.95. The van der Waals surface area contributed by atoms with E-state index in [0.717, 1.165) is 5.56 Å². The number of benzene rings is 2. The van der Waals surface area contributed by atoms with Crippen molar-refractivity contribution in [1.82, 2.24) is 10.2 Å². The van der Waals surface area contributed by atoms with Gasteiger partial charge in [0, 0.05) is 10.6 Å². The van der Waals surface area contributed by atoms with Crippen molar-refractivity contribution in [3.8, 4) is 10.6 Å². The summed E-state index contributed by atoms with van der Waals surface area (Å²) in [5, 5.41) is 9.59. The van der Waals surface area contributed by atoms with E-state index in [-0.39, 0.29) is 6.04 Å². The van der Waals surface area contributed by atoms with E-state index in [4.69, 9.17) is 17.3 Å². The van der Waals surface area contributed by atoms with Crippen LogP contribution in [-0.2, 0) is 0 Å². The molecule has 2 N–H and O–H groups in total. The van der Waals surface area contributed by atoms with E-state index in [1.807, 2.05) is 30.3 Å². The Hall–Kier alpha value is -1.82. The van der Waals surface area contributed by atoms with Crippen molar-refractivity contribution in [2.75, 3.05) is 0 Å². The molecular formula is C15H11ClFN3S. The molecule has 0 bridgehead atoms. The third-order valence-corrected chi connectivity index (χ3v) is 4.30. The highest BCUT2D eigenvalue weighted by atomic mass is 35.5. The van der Waals surface area contributed by atoms with Crippen molar-refractivity contribution in [3.63, 3.8) is 0 Å². The van der Waals surface area contributed by atoms with Gasteiger partial charge in [0.05, 0.1) is 6.04 Å². The number of rotatable bonds is 3. The van der Waals surface area contributed by atoms with Crippen LogP contribution < -0.4 is 5.73 Å². The van der Waals surface area contributed by atoms with Gasteiger partial charge in [-0.1, -0.05) is 53.3 Å². The lowest BCUT2D eigenvalue weighted by molar-refractivity contribution is 0.631. The molecule has 0 aliphatic rings. The van der Waals surface area contributed by atoms with Crippen LogP contribution in [-0.4, -0.2) is 10.2 Å². The van der Waals surface area contributed by atoms with E-state index in [0.29, 0.717) is 20.6 Å². The highest BCUT2D eigenvalue weighted by Gasteiger charge is 2.17. The van der Waals surface area contributed by atoms with E-state index in [2.05, 4.69) is 10.2 Å². The summed E-state index contributed by atoms with van der Waals surface area (Å²) in [6.45, 7) is 0. The number of halogens is 2. The van der Waals surface area contributed by atoms with Crippen LogP contribution in [0.25, 0.3) is 10.6 Å². The van der Waals surface area contributed by atoms with Gasteiger partial charge in [-0.2, -0.15) is 0 Å². The SMILES string of the molecule is NC(c1ccccc1)c1nnc(-c2ccc(Cl)cc2F)s1. The minimum atomic E-state index is -0.418. The van der Waals surface area contributed by atoms with Crippen molar-refractivity contribution >= 4 is 22.9 Å². The summed E-state index contributed by atoms with van der Waals surface area (Å²) in [4.78, 5) is 0. The van der Waals surface area contributed by atoms with Gasteiger partial charge in [0.1, 0.15) is 10.8 Å². The fourth-order valence-electron chi connectivity index (χ4n) is 1.93. The first-order valence-electron chi connectivity index (χ1n) is 6.24. The molecule has 106 valence electrons. The summed E-state index contributed by atoms with van der Waals surface area (Å²) >= 11 is 7.03. The van der Waals surface area contributed by atoms with E-state index >= 15 is 0 Å². The van der Waals surface area contributed by atoms with Crippen LogP contribution in [0.2, 0.25) is 5.02 Å². The van der Waals surface area contributed by atoms with Gasteiger partial charge < -0.3 is 5.73 Å². The predicted octanol–water partition coefficient (Wildman–Crippen LogP) is 4.05. The fourth-order valence-corrected chi connectivity index (χ4v) is 2.99. The van der Waals surface area contributed by atoms with Crippen LogP contribution >= 0.6 is 22.9 Å². The van der Waals surface area contributed by atoms with Gasteiger partial charge in [-0.25, -0.2) is 4.39 Å². The fraction of sp³-hybridized carbons (Fsp3) is 0.0667. The molecule has 0 saturated heterocycles. The molecule has 3 aromatic rings. The second-order valence-corrected chi connectivity index (χ2v) is 5.90. The summed E-state index contributed by atoms with van der Waals surface area (Å²) < 4.78 is 13.9. The summed E-state index contributed by atoms with van der Waals surface area (Å²) in [5.41, 5.74) is 7.48. The second kappa shape index (κ2) is 5.89. The molecule has 0 amide bonds. The van der Waals surface area contributed by atoms with Crippen molar-refractivity contribution in [2.45, 2.75) is 6.04 Å². The van der Waals surface area contributed by atoms with Crippen molar-refractivity contribution in [2.24, 2.45) is 5.73 Å². The lowest BCUT2D eigenvalue weighted by Gasteiger charge is -2.07. The smallest absolute Gasteiger partial charge is 0.150 e. The van der Waals surface area contributed by atoms with Crippen LogP contribution in [0, 0.1) is 5.82 Å². The molecular weight excluding hydrogens is 309 g/mol. The van der Waals surface area contributed by atoms with Crippen LogP contribution in [0.3, 0.4) is 0 Å². The van der Waals surface area contributed by atoms with Gasteiger partial charge >= 0.3 is 0 Å². The topological polar surface area (TPSA) is 51.8 Å². The molecule has 21 heavy (non-hydrogen) atoms. The first-order valence-corrected chi connectivity index (χ1v) is 7.44. The van der Waals surface area contributed by atoms with E-state index in [1.165, 1.54) is 17.4 Å². The van der Waals surface area contributed by atoms with E-state index in [1.54, 1.807) is 12.1 Å². The molecule has 0 aliphatic carbocycles. The summed E-state index contributed by atoms with van der Waals surface area (Å²) in [6, 6.07) is 13.7. The molecule has 0 spiro atoms.